The molecule has 0 aromatic rings. The highest BCUT2D eigenvalue weighted by atomic mass is 19.3. The van der Waals surface area contributed by atoms with E-state index < -0.39 is 47.4 Å². The number of carbonyl (C=O) groups excluding carboxylic acids is 1. The van der Waals surface area contributed by atoms with Crippen LogP contribution in [-0.2, 0) is 9.59 Å². The Labute approximate surface area is 131 Å². The summed E-state index contributed by atoms with van der Waals surface area (Å²) in [5.41, 5.74) is 0. The monoisotopic (exact) mass is 336 g/mol. The molecule has 0 spiro atoms. The number of hydrogen-bond acceptors (Lipinski definition) is 2. The Morgan fingerprint density at radius 1 is 1.00 bits per heavy atom. The van der Waals surface area contributed by atoms with Gasteiger partial charge >= 0.3 is 5.97 Å². The average Bonchev–Trinajstić information content (AvgIpc) is 3.06. The summed E-state index contributed by atoms with van der Waals surface area (Å²) in [6.45, 7) is 1.61. The van der Waals surface area contributed by atoms with Gasteiger partial charge in [0, 0.05) is 29.6 Å². The Balaban J connectivity index is 0.000000140. The van der Waals surface area contributed by atoms with E-state index >= 15 is 0 Å². The molecule has 7 heteroatoms. The molecule has 3 nitrogen and oxygen atoms in total. The van der Waals surface area contributed by atoms with E-state index in [0.717, 1.165) is 6.29 Å². The van der Waals surface area contributed by atoms with Gasteiger partial charge in [0.05, 0.1) is 5.92 Å². The standard InChI is InChI=1S/C9H12F2O2.C7H8F2O/c1-4(8(12)13)5-2-6-7(3-5)9(6,10)11;8-7(9)5-1-4(3-10)2-6(5)7/h4-7H,2-3H2,1H3,(H,12,13);3-6H,1-2H2. The van der Waals surface area contributed by atoms with Gasteiger partial charge in [-0.2, -0.15) is 0 Å². The fourth-order valence-corrected chi connectivity index (χ4v) is 4.42. The molecule has 0 bridgehead atoms. The number of rotatable bonds is 3. The lowest BCUT2D eigenvalue weighted by Crippen LogP contribution is -2.21. The first-order valence-electron chi connectivity index (χ1n) is 8.04. The van der Waals surface area contributed by atoms with Crippen LogP contribution in [0.15, 0.2) is 0 Å². The van der Waals surface area contributed by atoms with Gasteiger partial charge in [-0.05, 0) is 31.6 Å². The van der Waals surface area contributed by atoms with Crippen LogP contribution in [0.4, 0.5) is 17.6 Å². The number of carboxylic acid groups (broad SMARTS) is 1. The molecule has 0 heterocycles. The predicted molar refractivity (Wildman–Crippen MR) is 72.2 cm³/mol. The second kappa shape index (κ2) is 5.18. The first kappa shape index (κ1) is 16.7. The van der Waals surface area contributed by atoms with Crippen LogP contribution in [0.2, 0.25) is 0 Å². The summed E-state index contributed by atoms with van der Waals surface area (Å²) in [4.78, 5) is 20.7. The van der Waals surface area contributed by atoms with E-state index in [1.54, 1.807) is 6.92 Å². The molecule has 130 valence electrons. The van der Waals surface area contributed by atoms with Gasteiger partial charge in [0.25, 0.3) is 11.8 Å². The first-order chi connectivity index (χ1) is 10.6. The maximum atomic E-state index is 12.7. The highest BCUT2D eigenvalue weighted by Gasteiger charge is 2.72. The van der Waals surface area contributed by atoms with Gasteiger partial charge in [-0.15, -0.1) is 0 Å². The lowest BCUT2D eigenvalue weighted by Gasteiger charge is -2.17. The van der Waals surface area contributed by atoms with Crippen LogP contribution >= 0.6 is 0 Å². The normalized spacial score (nSPS) is 45.1. The lowest BCUT2D eigenvalue weighted by molar-refractivity contribution is -0.143. The largest absolute Gasteiger partial charge is 0.481 e. The fraction of sp³-hybridized carbons (Fsp3) is 0.875. The molecule has 0 radical (unpaired) electrons. The van der Waals surface area contributed by atoms with E-state index in [1.807, 2.05) is 0 Å². The highest BCUT2D eigenvalue weighted by molar-refractivity contribution is 5.70. The van der Waals surface area contributed by atoms with E-state index in [1.165, 1.54) is 0 Å². The molecule has 0 aromatic heterocycles. The van der Waals surface area contributed by atoms with Crippen LogP contribution in [-0.4, -0.2) is 29.2 Å². The Hall–Kier alpha value is -1.14. The molecule has 0 aliphatic heterocycles. The Morgan fingerprint density at radius 2 is 1.39 bits per heavy atom. The van der Waals surface area contributed by atoms with Gasteiger partial charge in [0.1, 0.15) is 6.29 Å². The first-order valence-corrected chi connectivity index (χ1v) is 8.04. The topological polar surface area (TPSA) is 54.4 Å². The van der Waals surface area contributed by atoms with Crippen LogP contribution in [0.25, 0.3) is 0 Å². The molecule has 4 aliphatic rings. The predicted octanol–water partition coefficient (Wildman–Crippen LogP) is 3.48. The molecule has 0 aromatic carbocycles. The van der Waals surface area contributed by atoms with Gasteiger partial charge in [0.2, 0.25) is 0 Å². The van der Waals surface area contributed by atoms with E-state index in [0.29, 0.717) is 25.7 Å². The summed E-state index contributed by atoms with van der Waals surface area (Å²) < 4.78 is 50.3. The quantitative estimate of drug-likeness (QED) is 0.634. The molecule has 0 saturated heterocycles. The van der Waals surface area contributed by atoms with E-state index in [4.69, 9.17) is 5.11 Å². The van der Waals surface area contributed by atoms with E-state index in [9.17, 15) is 27.2 Å². The third-order valence-electron chi connectivity index (χ3n) is 6.25. The SMILES string of the molecule is CC(C(=O)O)C1CC2C(C1)C2(F)F.O=CC1CC2C(C1)C2(F)F. The molecule has 4 aliphatic carbocycles. The summed E-state index contributed by atoms with van der Waals surface area (Å²) in [5, 5.41) is 8.69. The molecular weight excluding hydrogens is 316 g/mol. The number of carbonyl (C=O) groups is 2. The molecule has 5 unspecified atom stereocenters. The number of aldehydes is 1. The smallest absolute Gasteiger partial charge is 0.306 e. The van der Waals surface area contributed by atoms with Crippen molar-refractivity contribution in [2.24, 2.45) is 41.4 Å². The number of hydrogen-bond donors (Lipinski definition) is 1. The second-order valence-corrected chi connectivity index (χ2v) is 7.50. The van der Waals surface area contributed by atoms with Crippen molar-refractivity contribution in [2.45, 2.75) is 44.5 Å². The Bertz CT molecular complexity index is 493. The summed E-state index contributed by atoms with van der Waals surface area (Å²) in [7, 11) is 0. The number of halogens is 4. The molecule has 4 rings (SSSR count). The van der Waals surface area contributed by atoms with Crippen LogP contribution in [0.3, 0.4) is 0 Å². The Kier molecular flexibility index (Phi) is 3.76. The molecule has 0 amide bonds. The van der Waals surface area contributed by atoms with Crippen LogP contribution in [0, 0.1) is 41.4 Å². The Morgan fingerprint density at radius 3 is 1.74 bits per heavy atom. The minimum atomic E-state index is -2.48. The van der Waals surface area contributed by atoms with Crippen LogP contribution < -0.4 is 0 Å². The number of aliphatic carboxylic acids is 1. The molecule has 5 atom stereocenters. The minimum Gasteiger partial charge on any atom is -0.481 e. The minimum absolute atomic E-state index is 0.0351. The van der Waals surface area contributed by atoms with E-state index in [-0.39, 0.29) is 11.8 Å². The summed E-state index contributed by atoms with van der Waals surface area (Å²) >= 11 is 0. The van der Waals surface area contributed by atoms with E-state index in [2.05, 4.69) is 0 Å². The zero-order valence-electron chi connectivity index (χ0n) is 12.7. The average molecular weight is 336 g/mol. The molecular formula is C16H20F4O3. The van der Waals surface area contributed by atoms with Gasteiger partial charge < -0.3 is 9.90 Å². The van der Waals surface area contributed by atoms with Gasteiger partial charge in [-0.25, -0.2) is 17.6 Å². The zero-order valence-corrected chi connectivity index (χ0v) is 12.7. The summed E-state index contributed by atoms with van der Waals surface area (Å²) in [6, 6.07) is 0. The van der Waals surface area contributed by atoms with Crippen molar-refractivity contribution >= 4 is 12.3 Å². The van der Waals surface area contributed by atoms with Gasteiger partial charge in [0.15, 0.2) is 0 Å². The number of fused-ring (bicyclic) bond motifs is 2. The van der Waals surface area contributed by atoms with Gasteiger partial charge in [-0.3, -0.25) is 4.79 Å². The third kappa shape index (κ3) is 2.66. The zero-order chi connectivity index (χ0) is 17.2. The molecule has 4 fully saturated rings. The van der Waals surface area contributed by atoms with Gasteiger partial charge in [-0.1, -0.05) is 6.92 Å². The number of carboxylic acids is 1. The van der Waals surface area contributed by atoms with Crippen molar-refractivity contribution in [2.75, 3.05) is 0 Å². The molecule has 1 N–H and O–H groups in total. The van der Waals surface area contributed by atoms with Crippen LogP contribution in [0.5, 0.6) is 0 Å². The summed E-state index contributed by atoms with van der Waals surface area (Å²) in [6.07, 6.45) is 2.43. The summed E-state index contributed by atoms with van der Waals surface area (Å²) in [5.74, 6) is -8.28. The number of alkyl halides is 4. The van der Waals surface area contributed by atoms with Crippen molar-refractivity contribution in [3.63, 3.8) is 0 Å². The van der Waals surface area contributed by atoms with Crippen molar-refractivity contribution in [3.05, 3.63) is 0 Å². The fourth-order valence-electron chi connectivity index (χ4n) is 4.42. The molecule has 4 saturated carbocycles. The maximum Gasteiger partial charge on any atom is 0.306 e. The third-order valence-corrected chi connectivity index (χ3v) is 6.25. The van der Waals surface area contributed by atoms with Crippen LogP contribution in [0.1, 0.15) is 32.6 Å². The van der Waals surface area contributed by atoms with Crippen molar-refractivity contribution in [3.8, 4) is 0 Å². The lowest BCUT2D eigenvalue weighted by atomic mass is 9.89. The maximum absolute atomic E-state index is 12.7. The van der Waals surface area contributed by atoms with Crippen molar-refractivity contribution in [1.82, 2.24) is 0 Å². The second-order valence-electron chi connectivity index (χ2n) is 7.50. The van der Waals surface area contributed by atoms with Crippen molar-refractivity contribution in [1.29, 1.82) is 0 Å². The van der Waals surface area contributed by atoms with Crippen molar-refractivity contribution < 1.29 is 32.3 Å². The molecule has 23 heavy (non-hydrogen) atoms. The highest BCUT2D eigenvalue weighted by Crippen LogP contribution is 2.67.